The van der Waals surface area contributed by atoms with Gasteiger partial charge in [-0.15, -0.1) is 11.6 Å². The predicted molar refractivity (Wildman–Crippen MR) is 67.6 cm³/mol. The molecular formula is C10H20ClNO4S. The Morgan fingerprint density at radius 1 is 1.41 bits per heavy atom. The lowest BCUT2D eigenvalue weighted by molar-refractivity contribution is -0.143. The Balaban J connectivity index is 4.70. The first kappa shape index (κ1) is 16.7. The topological polar surface area (TPSA) is 63.7 Å². The van der Waals surface area contributed by atoms with Crippen LogP contribution in [0, 0.1) is 5.92 Å². The smallest absolute Gasteiger partial charge is 0.321 e. The van der Waals surface area contributed by atoms with Crippen molar-refractivity contribution in [2.24, 2.45) is 5.92 Å². The van der Waals surface area contributed by atoms with E-state index in [4.69, 9.17) is 16.3 Å². The molecule has 0 unspecified atom stereocenters. The van der Waals surface area contributed by atoms with E-state index >= 15 is 0 Å². The van der Waals surface area contributed by atoms with Gasteiger partial charge in [0, 0.05) is 12.4 Å². The van der Waals surface area contributed by atoms with E-state index in [2.05, 4.69) is 0 Å². The lowest BCUT2D eigenvalue weighted by Gasteiger charge is -2.22. The molecule has 0 radical (unpaired) electrons. The summed E-state index contributed by atoms with van der Waals surface area (Å²) in [6, 6.07) is 0. The molecule has 0 aliphatic heterocycles. The minimum absolute atomic E-state index is 0.0136. The summed E-state index contributed by atoms with van der Waals surface area (Å²) in [6.45, 7) is 5.73. The summed E-state index contributed by atoms with van der Waals surface area (Å²) in [5, 5.41) is 0. The van der Waals surface area contributed by atoms with E-state index in [1.807, 2.05) is 13.8 Å². The van der Waals surface area contributed by atoms with Gasteiger partial charge in [0.1, 0.15) is 6.54 Å². The van der Waals surface area contributed by atoms with Crippen molar-refractivity contribution in [3.8, 4) is 0 Å². The van der Waals surface area contributed by atoms with Gasteiger partial charge in [0.2, 0.25) is 10.0 Å². The second-order valence-electron chi connectivity index (χ2n) is 4.00. The molecule has 0 saturated heterocycles. The van der Waals surface area contributed by atoms with E-state index in [1.165, 1.54) is 0 Å². The monoisotopic (exact) mass is 285 g/mol. The maximum atomic E-state index is 11.8. The molecule has 0 spiro atoms. The number of halogens is 1. The predicted octanol–water partition coefficient (Wildman–Crippen LogP) is 1.08. The van der Waals surface area contributed by atoms with Gasteiger partial charge in [-0.3, -0.25) is 4.79 Å². The number of carbonyl (C=O) groups is 1. The first-order valence-corrected chi connectivity index (χ1v) is 7.67. The number of alkyl halides is 1. The normalized spacial score (nSPS) is 12.1. The largest absolute Gasteiger partial charge is 0.465 e. The molecule has 102 valence electrons. The molecule has 0 fully saturated rings. The van der Waals surface area contributed by atoms with Crippen LogP contribution in [-0.2, 0) is 19.6 Å². The summed E-state index contributed by atoms with van der Waals surface area (Å²) >= 11 is 5.44. The fraction of sp³-hybridized carbons (Fsp3) is 0.900. The minimum atomic E-state index is -3.48. The summed E-state index contributed by atoms with van der Waals surface area (Å²) in [4.78, 5) is 11.3. The molecule has 0 bridgehead atoms. The number of carbonyl (C=O) groups excluding carboxylic acids is 1. The van der Waals surface area contributed by atoms with Crippen molar-refractivity contribution < 1.29 is 17.9 Å². The van der Waals surface area contributed by atoms with Crippen molar-refractivity contribution in [2.75, 3.05) is 31.3 Å². The number of ether oxygens (including phenoxy) is 1. The van der Waals surface area contributed by atoms with E-state index in [0.29, 0.717) is 0 Å². The second-order valence-corrected chi connectivity index (χ2v) is 6.46. The number of sulfonamides is 1. The number of esters is 1. The van der Waals surface area contributed by atoms with Crippen molar-refractivity contribution in [1.82, 2.24) is 4.31 Å². The second kappa shape index (κ2) is 7.89. The van der Waals surface area contributed by atoms with Crippen molar-refractivity contribution in [2.45, 2.75) is 20.8 Å². The standard InChI is InChI=1S/C10H20ClNO4S/c1-4-16-10(13)8-12(7-9(2)3)17(14,15)6-5-11/h9H,4-8H2,1-3H3. The average molecular weight is 286 g/mol. The number of hydrogen-bond donors (Lipinski definition) is 0. The van der Waals surface area contributed by atoms with E-state index in [1.54, 1.807) is 6.92 Å². The zero-order valence-corrected chi connectivity index (χ0v) is 12.1. The summed E-state index contributed by atoms with van der Waals surface area (Å²) < 4.78 is 29.6. The van der Waals surface area contributed by atoms with Crippen LogP contribution in [0.4, 0.5) is 0 Å². The SMILES string of the molecule is CCOC(=O)CN(CC(C)C)S(=O)(=O)CCCl. The Labute approximate surface area is 108 Å². The van der Waals surface area contributed by atoms with Crippen LogP contribution in [0.15, 0.2) is 0 Å². The molecule has 0 aromatic rings. The van der Waals surface area contributed by atoms with Crippen molar-refractivity contribution >= 4 is 27.6 Å². The Bertz CT molecular complexity index is 329. The Kier molecular flexibility index (Phi) is 7.74. The van der Waals surface area contributed by atoms with Gasteiger partial charge in [0.25, 0.3) is 0 Å². The highest BCUT2D eigenvalue weighted by Gasteiger charge is 2.25. The highest BCUT2D eigenvalue weighted by atomic mass is 35.5. The van der Waals surface area contributed by atoms with E-state index in [-0.39, 0.29) is 37.2 Å². The van der Waals surface area contributed by atoms with Crippen LogP contribution in [0.3, 0.4) is 0 Å². The van der Waals surface area contributed by atoms with Crippen LogP contribution < -0.4 is 0 Å². The fourth-order valence-electron chi connectivity index (χ4n) is 1.26. The number of nitrogens with zero attached hydrogens (tertiary/aromatic N) is 1. The summed E-state index contributed by atoms with van der Waals surface area (Å²) in [5.41, 5.74) is 0. The molecule has 0 heterocycles. The van der Waals surface area contributed by atoms with E-state index in [0.717, 1.165) is 4.31 Å². The first-order valence-electron chi connectivity index (χ1n) is 5.52. The zero-order chi connectivity index (χ0) is 13.5. The summed E-state index contributed by atoms with van der Waals surface area (Å²) in [5.74, 6) is -0.554. The van der Waals surface area contributed by atoms with Gasteiger partial charge in [-0.25, -0.2) is 8.42 Å². The van der Waals surface area contributed by atoms with Crippen LogP contribution in [0.25, 0.3) is 0 Å². The molecule has 0 rings (SSSR count). The quantitative estimate of drug-likeness (QED) is 0.494. The van der Waals surface area contributed by atoms with Gasteiger partial charge in [0.15, 0.2) is 0 Å². The molecule has 0 amide bonds. The first-order chi connectivity index (χ1) is 7.83. The molecule has 5 nitrogen and oxygen atoms in total. The van der Waals surface area contributed by atoms with Crippen LogP contribution in [0.2, 0.25) is 0 Å². The Morgan fingerprint density at radius 2 is 2.00 bits per heavy atom. The molecule has 0 atom stereocenters. The highest BCUT2D eigenvalue weighted by molar-refractivity contribution is 7.89. The Morgan fingerprint density at radius 3 is 2.41 bits per heavy atom. The summed E-state index contributed by atoms with van der Waals surface area (Å²) in [6.07, 6.45) is 0. The molecule has 0 aromatic carbocycles. The van der Waals surface area contributed by atoms with Crippen molar-refractivity contribution in [3.63, 3.8) is 0 Å². The fourth-order valence-corrected chi connectivity index (χ4v) is 3.13. The van der Waals surface area contributed by atoms with Crippen LogP contribution in [0.1, 0.15) is 20.8 Å². The van der Waals surface area contributed by atoms with Crippen LogP contribution >= 0.6 is 11.6 Å². The Hall–Kier alpha value is -0.330. The zero-order valence-electron chi connectivity index (χ0n) is 10.5. The van der Waals surface area contributed by atoms with Crippen molar-refractivity contribution in [1.29, 1.82) is 0 Å². The maximum Gasteiger partial charge on any atom is 0.321 e. The van der Waals surface area contributed by atoms with Gasteiger partial charge in [-0.2, -0.15) is 4.31 Å². The van der Waals surface area contributed by atoms with Crippen molar-refractivity contribution in [3.05, 3.63) is 0 Å². The van der Waals surface area contributed by atoms with Gasteiger partial charge in [-0.1, -0.05) is 13.8 Å². The lowest BCUT2D eigenvalue weighted by atomic mass is 10.2. The third-order valence-corrected chi connectivity index (χ3v) is 4.11. The maximum absolute atomic E-state index is 11.8. The lowest BCUT2D eigenvalue weighted by Crippen LogP contribution is -2.40. The molecule has 0 aliphatic rings. The molecule has 7 heteroatoms. The minimum Gasteiger partial charge on any atom is -0.465 e. The van der Waals surface area contributed by atoms with Gasteiger partial charge < -0.3 is 4.74 Å². The van der Waals surface area contributed by atoms with Crippen LogP contribution in [-0.4, -0.2) is 50.0 Å². The number of hydrogen-bond acceptors (Lipinski definition) is 4. The number of rotatable bonds is 8. The molecule has 0 aliphatic carbocycles. The van der Waals surface area contributed by atoms with Gasteiger partial charge >= 0.3 is 5.97 Å². The molecule has 17 heavy (non-hydrogen) atoms. The molecular weight excluding hydrogens is 266 g/mol. The van der Waals surface area contributed by atoms with Gasteiger partial charge in [0.05, 0.1) is 12.4 Å². The third-order valence-electron chi connectivity index (χ3n) is 1.91. The van der Waals surface area contributed by atoms with E-state index < -0.39 is 16.0 Å². The van der Waals surface area contributed by atoms with Gasteiger partial charge in [-0.05, 0) is 12.8 Å². The molecule has 0 saturated carbocycles. The molecule has 0 N–H and O–H groups in total. The highest BCUT2D eigenvalue weighted by Crippen LogP contribution is 2.07. The summed E-state index contributed by atoms with van der Waals surface area (Å²) in [7, 11) is -3.48. The van der Waals surface area contributed by atoms with E-state index in [9.17, 15) is 13.2 Å². The molecule has 0 aromatic heterocycles. The average Bonchev–Trinajstić information content (AvgIpc) is 2.16. The van der Waals surface area contributed by atoms with Crippen LogP contribution in [0.5, 0.6) is 0 Å². The third kappa shape index (κ3) is 6.85.